The molecule has 2 rings (SSSR count). The van der Waals surface area contributed by atoms with Gasteiger partial charge in [-0.3, -0.25) is 0 Å². The van der Waals surface area contributed by atoms with Gasteiger partial charge in [0.1, 0.15) is 10.8 Å². The van der Waals surface area contributed by atoms with E-state index in [1.807, 2.05) is 6.92 Å². The van der Waals surface area contributed by atoms with Crippen molar-refractivity contribution in [2.45, 2.75) is 23.0 Å². The van der Waals surface area contributed by atoms with Gasteiger partial charge in [-0.15, -0.1) is 0 Å². The van der Waals surface area contributed by atoms with Gasteiger partial charge >= 0.3 is 6.18 Å². The third kappa shape index (κ3) is 3.81. The first-order valence-corrected chi connectivity index (χ1v) is 6.96. The molecule has 0 bridgehead atoms. The van der Waals surface area contributed by atoms with Gasteiger partial charge in [-0.1, -0.05) is 17.8 Å². The van der Waals surface area contributed by atoms with Gasteiger partial charge < -0.3 is 10.5 Å². The molecule has 0 radical (unpaired) electrons. The number of hydrogen-bond donors (Lipinski definition) is 1. The van der Waals surface area contributed by atoms with Crippen LogP contribution >= 0.6 is 11.8 Å². The van der Waals surface area contributed by atoms with E-state index in [4.69, 9.17) is 10.5 Å². The third-order valence-corrected chi connectivity index (χ3v) is 3.63. The van der Waals surface area contributed by atoms with E-state index in [0.717, 1.165) is 12.3 Å². The lowest BCUT2D eigenvalue weighted by Gasteiger charge is -2.11. The first-order chi connectivity index (χ1) is 9.91. The van der Waals surface area contributed by atoms with Crippen LogP contribution in [0.25, 0.3) is 0 Å². The SMILES string of the molecule is CCOc1cccc(Sc2ccc(C(F)(F)F)cn2)c1N. The van der Waals surface area contributed by atoms with Crippen LogP contribution < -0.4 is 10.5 Å². The second kappa shape index (κ2) is 6.26. The fourth-order valence-corrected chi connectivity index (χ4v) is 2.44. The molecule has 1 aromatic carbocycles. The lowest BCUT2D eigenvalue weighted by Crippen LogP contribution is -2.05. The molecule has 21 heavy (non-hydrogen) atoms. The number of nitrogen functional groups attached to an aromatic ring is 1. The summed E-state index contributed by atoms with van der Waals surface area (Å²) in [6.07, 6.45) is -3.57. The third-order valence-electron chi connectivity index (χ3n) is 2.60. The molecule has 7 heteroatoms. The molecule has 3 nitrogen and oxygen atoms in total. The largest absolute Gasteiger partial charge is 0.492 e. The molecule has 0 spiro atoms. The van der Waals surface area contributed by atoms with Gasteiger partial charge in [0.2, 0.25) is 0 Å². The first-order valence-electron chi connectivity index (χ1n) is 6.14. The maximum absolute atomic E-state index is 12.5. The molecule has 1 heterocycles. The summed E-state index contributed by atoms with van der Waals surface area (Å²) in [7, 11) is 0. The number of alkyl halides is 3. The minimum absolute atomic E-state index is 0.434. The number of nitrogens with zero attached hydrogens (tertiary/aromatic N) is 1. The summed E-state index contributed by atoms with van der Waals surface area (Å²) < 4.78 is 42.8. The van der Waals surface area contributed by atoms with E-state index in [-0.39, 0.29) is 0 Å². The van der Waals surface area contributed by atoms with Gasteiger partial charge in [-0.25, -0.2) is 4.98 Å². The molecule has 2 aromatic rings. The summed E-state index contributed by atoms with van der Waals surface area (Å²) in [4.78, 5) is 4.49. The first kappa shape index (κ1) is 15.5. The van der Waals surface area contributed by atoms with E-state index in [9.17, 15) is 13.2 Å². The van der Waals surface area contributed by atoms with E-state index in [0.29, 0.717) is 28.0 Å². The number of pyridine rings is 1. The zero-order valence-corrected chi connectivity index (χ0v) is 12.0. The van der Waals surface area contributed by atoms with Crippen LogP contribution in [0.5, 0.6) is 5.75 Å². The Morgan fingerprint density at radius 3 is 2.57 bits per heavy atom. The zero-order chi connectivity index (χ0) is 15.5. The highest BCUT2D eigenvalue weighted by Gasteiger charge is 2.30. The molecule has 0 unspecified atom stereocenters. The molecule has 0 saturated heterocycles. The lowest BCUT2D eigenvalue weighted by atomic mass is 10.3. The van der Waals surface area contributed by atoms with Crippen molar-refractivity contribution in [3.63, 3.8) is 0 Å². The number of anilines is 1. The molecule has 0 aliphatic rings. The van der Waals surface area contributed by atoms with E-state index in [1.165, 1.54) is 17.8 Å². The summed E-state index contributed by atoms with van der Waals surface area (Å²) in [5, 5.41) is 0.434. The average Bonchev–Trinajstić information content (AvgIpc) is 2.43. The molecule has 0 saturated carbocycles. The number of halogens is 3. The summed E-state index contributed by atoms with van der Waals surface area (Å²) >= 11 is 1.19. The zero-order valence-electron chi connectivity index (χ0n) is 11.1. The van der Waals surface area contributed by atoms with Crippen molar-refractivity contribution >= 4 is 17.4 Å². The number of benzene rings is 1. The van der Waals surface area contributed by atoms with Crippen molar-refractivity contribution in [2.24, 2.45) is 0 Å². The fraction of sp³-hybridized carbons (Fsp3) is 0.214. The molecule has 0 amide bonds. The van der Waals surface area contributed by atoms with Gasteiger partial charge in [0, 0.05) is 11.1 Å². The smallest absolute Gasteiger partial charge is 0.417 e. The summed E-state index contributed by atoms with van der Waals surface area (Å²) in [5.74, 6) is 0.550. The summed E-state index contributed by atoms with van der Waals surface area (Å²) in [6, 6.07) is 7.59. The maximum atomic E-state index is 12.5. The highest BCUT2D eigenvalue weighted by Crippen LogP contribution is 2.37. The minimum atomic E-state index is -4.38. The maximum Gasteiger partial charge on any atom is 0.417 e. The van der Waals surface area contributed by atoms with E-state index in [1.54, 1.807) is 18.2 Å². The van der Waals surface area contributed by atoms with E-state index in [2.05, 4.69) is 4.98 Å². The van der Waals surface area contributed by atoms with Crippen LogP contribution in [0.1, 0.15) is 12.5 Å². The number of ether oxygens (including phenoxy) is 1. The highest BCUT2D eigenvalue weighted by molar-refractivity contribution is 7.99. The Kier molecular flexibility index (Phi) is 4.62. The van der Waals surface area contributed by atoms with Gasteiger partial charge in [0.25, 0.3) is 0 Å². The molecule has 112 valence electrons. The summed E-state index contributed by atoms with van der Waals surface area (Å²) in [5.41, 5.74) is 5.64. The normalized spacial score (nSPS) is 11.4. The number of rotatable bonds is 4. The standard InChI is InChI=1S/C14H13F3N2OS/c1-2-20-10-4-3-5-11(13(10)18)21-12-7-6-9(8-19-12)14(15,16)17/h3-8H,2,18H2,1H3. The van der Waals surface area contributed by atoms with Crippen LogP contribution in [0.15, 0.2) is 46.5 Å². The Balaban J connectivity index is 2.20. The molecule has 0 aliphatic carbocycles. The quantitative estimate of drug-likeness (QED) is 0.858. The van der Waals surface area contributed by atoms with Crippen molar-refractivity contribution in [2.75, 3.05) is 12.3 Å². The number of nitrogens with two attached hydrogens (primary N) is 1. The van der Waals surface area contributed by atoms with Crippen LogP contribution in [-0.4, -0.2) is 11.6 Å². The molecule has 0 fully saturated rings. The Hall–Kier alpha value is -1.89. The van der Waals surface area contributed by atoms with Gasteiger partial charge in [0.15, 0.2) is 0 Å². The second-order valence-electron chi connectivity index (χ2n) is 4.09. The Bertz CT molecular complexity index is 615. The van der Waals surface area contributed by atoms with Gasteiger partial charge in [-0.05, 0) is 31.2 Å². The number of para-hydroxylation sites is 1. The molecular weight excluding hydrogens is 301 g/mol. The molecular formula is C14H13F3N2OS. The highest BCUT2D eigenvalue weighted by atomic mass is 32.2. The number of aromatic nitrogens is 1. The van der Waals surface area contributed by atoms with Crippen molar-refractivity contribution in [1.29, 1.82) is 0 Å². The average molecular weight is 314 g/mol. The Morgan fingerprint density at radius 1 is 1.24 bits per heavy atom. The predicted molar refractivity (Wildman–Crippen MR) is 75.4 cm³/mol. The molecule has 0 aliphatic heterocycles. The minimum Gasteiger partial charge on any atom is -0.492 e. The van der Waals surface area contributed by atoms with Crippen LogP contribution in [0, 0.1) is 0 Å². The topological polar surface area (TPSA) is 48.1 Å². The van der Waals surface area contributed by atoms with Crippen molar-refractivity contribution in [1.82, 2.24) is 4.98 Å². The van der Waals surface area contributed by atoms with E-state index >= 15 is 0 Å². The fourth-order valence-electron chi connectivity index (χ4n) is 1.62. The van der Waals surface area contributed by atoms with Crippen molar-refractivity contribution in [3.05, 3.63) is 42.1 Å². The Labute approximate surface area is 124 Å². The van der Waals surface area contributed by atoms with Crippen LogP contribution in [-0.2, 0) is 6.18 Å². The lowest BCUT2D eigenvalue weighted by molar-refractivity contribution is -0.137. The second-order valence-corrected chi connectivity index (χ2v) is 5.15. The van der Waals surface area contributed by atoms with Crippen LogP contribution in [0.4, 0.5) is 18.9 Å². The number of hydrogen-bond acceptors (Lipinski definition) is 4. The van der Waals surface area contributed by atoms with Crippen LogP contribution in [0.3, 0.4) is 0 Å². The van der Waals surface area contributed by atoms with Gasteiger partial charge in [0.05, 0.1) is 17.9 Å². The van der Waals surface area contributed by atoms with Crippen LogP contribution in [0.2, 0.25) is 0 Å². The summed E-state index contributed by atoms with van der Waals surface area (Å²) in [6.45, 7) is 2.33. The predicted octanol–water partition coefficient (Wildman–Crippen LogP) is 4.23. The van der Waals surface area contributed by atoms with Gasteiger partial charge in [-0.2, -0.15) is 13.2 Å². The van der Waals surface area contributed by atoms with Crippen molar-refractivity contribution < 1.29 is 17.9 Å². The Morgan fingerprint density at radius 2 is 2.00 bits per heavy atom. The molecule has 0 atom stereocenters. The molecule has 1 aromatic heterocycles. The monoisotopic (exact) mass is 314 g/mol. The molecule has 2 N–H and O–H groups in total. The van der Waals surface area contributed by atoms with Crippen molar-refractivity contribution in [3.8, 4) is 5.75 Å². The van der Waals surface area contributed by atoms with E-state index < -0.39 is 11.7 Å².